The number of ether oxygens (including phenoxy) is 2. The fraction of sp³-hybridized carbons (Fsp3) is 0.500. The third kappa shape index (κ3) is 2.26. The molecule has 0 spiro atoms. The molecule has 0 fully saturated rings. The number of nitrogens with zero attached hydrogens (tertiary/aromatic N) is 1. The zero-order valence-corrected chi connectivity index (χ0v) is 8.60. The van der Waals surface area contributed by atoms with Crippen LogP contribution in [0.5, 0.6) is 0 Å². The van der Waals surface area contributed by atoms with E-state index < -0.39 is 5.97 Å². The van der Waals surface area contributed by atoms with Gasteiger partial charge in [0.15, 0.2) is 5.69 Å². The predicted molar refractivity (Wildman–Crippen MR) is 48.9 cm³/mol. The van der Waals surface area contributed by atoms with Crippen LogP contribution in [0.1, 0.15) is 20.4 Å². The van der Waals surface area contributed by atoms with Crippen molar-refractivity contribution in [3.8, 4) is 0 Å². The van der Waals surface area contributed by atoms with E-state index in [0.717, 1.165) is 9.88 Å². The van der Waals surface area contributed by atoms with E-state index in [9.17, 15) is 4.79 Å². The Kier molecular flexibility index (Phi) is 3.39. The lowest BCUT2D eigenvalue weighted by Gasteiger charge is -1.93. The molecule has 0 atom stereocenters. The summed E-state index contributed by atoms with van der Waals surface area (Å²) in [6, 6.07) is 0. The lowest BCUT2D eigenvalue weighted by molar-refractivity contribution is 0.0593. The Morgan fingerprint density at radius 1 is 1.54 bits per heavy atom. The normalized spacial score (nSPS) is 10.1. The molecule has 0 amide bonds. The second kappa shape index (κ2) is 4.34. The zero-order valence-electron chi connectivity index (χ0n) is 7.79. The minimum absolute atomic E-state index is 0.388. The highest BCUT2D eigenvalue weighted by molar-refractivity contribution is 7.11. The molecular formula is C8H11NO3S. The van der Waals surface area contributed by atoms with Crippen LogP contribution in [0.25, 0.3) is 0 Å². The topological polar surface area (TPSA) is 48.4 Å². The van der Waals surface area contributed by atoms with Crippen molar-refractivity contribution in [2.24, 2.45) is 0 Å². The van der Waals surface area contributed by atoms with Crippen LogP contribution in [-0.2, 0) is 16.1 Å². The summed E-state index contributed by atoms with van der Waals surface area (Å²) in [5.41, 5.74) is 0.388. The van der Waals surface area contributed by atoms with E-state index in [1.807, 2.05) is 6.92 Å². The maximum atomic E-state index is 11.1. The highest BCUT2D eigenvalue weighted by Gasteiger charge is 2.15. The minimum atomic E-state index is -0.392. The highest BCUT2D eigenvalue weighted by Crippen LogP contribution is 2.18. The van der Waals surface area contributed by atoms with E-state index in [4.69, 9.17) is 4.74 Å². The van der Waals surface area contributed by atoms with Crippen LogP contribution in [0.3, 0.4) is 0 Å². The number of aromatic nitrogens is 1. The first-order valence-corrected chi connectivity index (χ1v) is 4.54. The average molecular weight is 201 g/mol. The molecule has 0 N–H and O–H groups in total. The Balaban J connectivity index is 2.89. The number of hydrogen-bond acceptors (Lipinski definition) is 5. The molecule has 1 aromatic heterocycles. The van der Waals surface area contributed by atoms with Crippen molar-refractivity contribution < 1.29 is 14.3 Å². The first kappa shape index (κ1) is 10.1. The zero-order chi connectivity index (χ0) is 9.84. The van der Waals surface area contributed by atoms with Crippen LogP contribution in [0.15, 0.2) is 0 Å². The van der Waals surface area contributed by atoms with Crippen LogP contribution >= 0.6 is 11.3 Å². The van der Waals surface area contributed by atoms with Gasteiger partial charge in [-0.05, 0) is 6.92 Å². The monoisotopic (exact) mass is 201 g/mol. The number of thiazole rings is 1. The number of esters is 1. The van der Waals surface area contributed by atoms with Gasteiger partial charge in [-0.3, -0.25) is 0 Å². The second-order valence-electron chi connectivity index (χ2n) is 2.44. The van der Waals surface area contributed by atoms with Gasteiger partial charge in [-0.2, -0.15) is 0 Å². The predicted octanol–water partition coefficient (Wildman–Crippen LogP) is 1.38. The third-order valence-electron chi connectivity index (χ3n) is 1.49. The van der Waals surface area contributed by atoms with Gasteiger partial charge in [0.1, 0.15) is 5.01 Å². The third-order valence-corrected chi connectivity index (χ3v) is 2.43. The molecule has 0 radical (unpaired) electrons. The van der Waals surface area contributed by atoms with E-state index in [2.05, 4.69) is 9.72 Å². The molecule has 0 aliphatic rings. The summed E-state index contributed by atoms with van der Waals surface area (Å²) in [6.45, 7) is 2.27. The molecule has 5 heteroatoms. The molecule has 1 aromatic rings. The maximum Gasteiger partial charge on any atom is 0.357 e. The van der Waals surface area contributed by atoms with Gasteiger partial charge >= 0.3 is 5.97 Å². The van der Waals surface area contributed by atoms with Crippen molar-refractivity contribution >= 4 is 17.3 Å². The minimum Gasteiger partial charge on any atom is -0.464 e. The molecule has 72 valence electrons. The van der Waals surface area contributed by atoms with E-state index in [1.54, 1.807) is 7.11 Å². The Labute approximate surface area is 80.5 Å². The number of carbonyl (C=O) groups excluding carboxylic acids is 1. The molecule has 0 aliphatic heterocycles. The van der Waals surface area contributed by atoms with Crippen LogP contribution < -0.4 is 0 Å². The fourth-order valence-corrected chi connectivity index (χ4v) is 1.82. The fourth-order valence-electron chi connectivity index (χ4n) is 0.923. The summed E-state index contributed by atoms with van der Waals surface area (Å²) in [4.78, 5) is 16.1. The summed E-state index contributed by atoms with van der Waals surface area (Å²) >= 11 is 1.45. The Hall–Kier alpha value is -0.940. The Morgan fingerprint density at radius 3 is 2.77 bits per heavy atom. The number of methoxy groups -OCH3 is 2. The van der Waals surface area contributed by atoms with Crippen molar-refractivity contribution in [2.75, 3.05) is 14.2 Å². The van der Waals surface area contributed by atoms with Gasteiger partial charge in [-0.1, -0.05) is 0 Å². The molecule has 4 nitrogen and oxygen atoms in total. The van der Waals surface area contributed by atoms with E-state index in [0.29, 0.717) is 12.3 Å². The molecule has 0 saturated heterocycles. The smallest absolute Gasteiger partial charge is 0.357 e. The summed E-state index contributed by atoms with van der Waals surface area (Å²) in [6.07, 6.45) is 0. The molecule has 0 unspecified atom stereocenters. The second-order valence-corrected chi connectivity index (χ2v) is 3.72. The highest BCUT2D eigenvalue weighted by atomic mass is 32.1. The molecule has 1 heterocycles. The van der Waals surface area contributed by atoms with Crippen molar-refractivity contribution in [3.05, 3.63) is 15.6 Å². The number of rotatable bonds is 3. The maximum absolute atomic E-state index is 11.1. The van der Waals surface area contributed by atoms with Gasteiger partial charge in [-0.15, -0.1) is 11.3 Å². The number of hydrogen-bond donors (Lipinski definition) is 0. The van der Waals surface area contributed by atoms with Crippen LogP contribution in [0, 0.1) is 6.92 Å². The SMILES string of the molecule is COCc1nc(C(=O)OC)c(C)s1. The van der Waals surface area contributed by atoms with Crippen molar-refractivity contribution in [1.29, 1.82) is 0 Å². The molecule has 0 bridgehead atoms. The van der Waals surface area contributed by atoms with Gasteiger partial charge in [0.2, 0.25) is 0 Å². The standard InChI is InChI=1S/C8H11NO3S/c1-5-7(8(10)12-3)9-6(13-5)4-11-2/h4H2,1-3H3. The van der Waals surface area contributed by atoms with E-state index >= 15 is 0 Å². The Bertz CT molecular complexity index is 308. The van der Waals surface area contributed by atoms with Gasteiger partial charge in [0.05, 0.1) is 13.7 Å². The Morgan fingerprint density at radius 2 is 2.23 bits per heavy atom. The molecule has 0 aliphatic carbocycles. The first-order valence-electron chi connectivity index (χ1n) is 3.72. The quantitative estimate of drug-likeness (QED) is 0.693. The van der Waals surface area contributed by atoms with Gasteiger partial charge in [-0.25, -0.2) is 9.78 Å². The number of aryl methyl sites for hydroxylation is 1. The van der Waals surface area contributed by atoms with Gasteiger partial charge < -0.3 is 9.47 Å². The summed E-state index contributed by atoms with van der Waals surface area (Å²) in [5.74, 6) is -0.392. The van der Waals surface area contributed by atoms with Crippen LogP contribution in [0.2, 0.25) is 0 Å². The summed E-state index contributed by atoms with van der Waals surface area (Å²) in [7, 11) is 2.94. The lowest BCUT2D eigenvalue weighted by atomic mass is 10.4. The van der Waals surface area contributed by atoms with Gasteiger partial charge in [0.25, 0.3) is 0 Å². The van der Waals surface area contributed by atoms with Crippen LogP contribution in [0.4, 0.5) is 0 Å². The van der Waals surface area contributed by atoms with Crippen molar-refractivity contribution in [3.63, 3.8) is 0 Å². The van der Waals surface area contributed by atoms with Crippen molar-refractivity contribution in [2.45, 2.75) is 13.5 Å². The largest absolute Gasteiger partial charge is 0.464 e. The van der Waals surface area contributed by atoms with E-state index in [1.165, 1.54) is 18.4 Å². The van der Waals surface area contributed by atoms with E-state index in [-0.39, 0.29) is 0 Å². The molecule has 0 aromatic carbocycles. The molecule has 0 saturated carbocycles. The summed E-state index contributed by atoms with van der Waals surface area (Å²) < 4.78 is 9.48. The van der Waals surface area contributed by atoms with Crippen LogP contribution in [-0.4, -0.2) is 25.2 Å². The van der Waals surface area contributed by atoms with Gasteiger partial charge in [0, 0.05) is 12.0 Å². The molecule has 13 heavy (non-hydrogen) atoms. The lowest BCUT2D eigenvalue weighted by Crippen LogP contribution is -2.03. The summed E-state index contributed by atoms with van der Waals surface area (Å²) in [5, 5.41) is 0.792. The van der Waals surface area contributed by atoms with Crippen molar-refractivity contribution in [1.82, 2.24) is 4.98 Å². The molecular weight excluding hydrogens is 190 g/mol. The average Bonchev–Trinajstić information content (AvgIpc) is 2.46. The first-order chi connectivity index (χ1) is 6.19. The number of carbonyl (C=O) groups is 1. The molecule has 1 rings (SSSR count).